The van der Waals surface area contributed by atoms with Crippen LogP contribution in [0.5, 0.6) is 5.75 Å². The van der Waals surface area contributed by atoms with Gasteiger partial charge in [0.1, 0.15) is 12.4 Å². The van der Waals surface area contributed by atoms with Crippen LogP contribution in [0.15, 0.2) is 24.3 Å². The first kappa shape index (κ1) is 20.7. The molecular weight excluding hydrogens is 300 g/mol. The average Bonchev–Trinajstić information content (AvgIpc) is 2.51. The second kappa shape index (κ2) is 9.70. The molecule has 4 nitrogen and oxygen atoms in total. The summed E-state index contributed by atoms with van der Waals surface area (Å²) in [6, 6.07) is 7.89. The monoisotopic (exact) mass is 328 g/mol. The molecule has 0 radical (unpaired) electrons. The summed E-state index contributed by atoms with van der Waals surface area (Å²) in [5, 5.41) is 0. The molecule has 0 aliphatic carbocycles. The first-order valence-electron chi connectivity index (χ1n) is 7.64. The topological polar surface area (TPSA) is 55.6 Å². The van der Waals surface area contributed by atoms with Crippen LogP contribution in [0.25, 0.3) is 0 Å². The van der Waals surface area contributed by atoms with E-state index in [1.54, 1.807) is 4.90 Å². The Hall–Kier alpha value is -1.26. The van der Waals surface area contributed by atoms with E-state index in [1.807, 2.05) is 52.1 Å². The zero-order valence-electron chi connectivity index (χ0n) is 14.1. The highest BCUT2D eigenvalue weighted by molar-refractivity contribution is 5.85. The van der Waals surface area contributed by atoms with Gasteiger partial charge in [0.15, 0.2) is 0 Å². The van der Waals surface area contributed by atoms with E-state index < -0.39 is 5.41 Å². The quantitative estimate of drug-likeness (QED) is 0.798. The number of likely N-dealkylation sites (N-methyl/N-ethyl adjacent to an activating group) is 1. The van der Waals surface area contributed by atoms with Crippen LogP contribution in [0.3, 0.4) is 0 Å². The number of carbonyl (C=O) groups excluding carboxylic acids is 1. The van der Waals surface area contributed by atoms with Crippen LogP contribution < -0.4 is 10.5 Å². The molecule has 126 valence electrons. The summed E-state index contributed by atoms with van der Waals surface area (Å²) in [5.74, 6) is 0.984. The number of carbonyl (C=O) groups is 1. The normalized spacial score (nSPS) is 10.8. The predicted octanol–water partition coefficient (Wildman–Crippen LogP) is 3.02. The molecule has 0 saturated heterocycles. The van der Waals surface area contributed by atoms with Gasteiger partial charge in [0.25, 0.3) is 0 Å². The van der Waals surface area contributed by atoms with E-state index in [0.717, 1.165) is 24.2 Å². The van der Waals surface area contributed by atoms with Crippen LogP contribution in [0.1, 0.15) is 32.3 Å². The van der Waals surface area contributed by atoms with E-state index in [-0.39, 0.29) is 18.3 Å². The van der Waals surface area contributed by atoms with Crippen molar-refractivity contribution < 1.29 is 9.53 Å². The SMILES string of the molecule is CCC(CC)(CN)C(=O)N(C)CCOc1ccccc1C.Cl. The van der Waals surface area contributed by atoms with Crippen molar-refractivity contribution in [3.8, 4) is 5.75 Å². The number of nitrogens with zero attached hydrogens (tertiary/aromatic N) is 1. The van der Waals surface area contributed by atoms with Crippen LogP contribution in [-0.4, -0.2) is 37.6 Å². The molecule has 0 fully saturated rings. The third kappa shape index (κ3) is 4.89. The zero-order chi connectivity index (χ0) is 15.9. The molecule has 0 heterocycles. The molecule has 1 aromatic rings. The van der Waals surface area contributed by atoms with E-state index in [1.165, 1.54) is 0 Å². The second-order valence-corrected chi connectivity index (χ2v) is 5.53. The summed E-state index contributed by atoms with van der Waals surface area (Å²) in [4.78, 5) is 14.3. The van der Waals surface area contributed by atoms with E-state index in [2.05, 4.69) is 0 Å². The minimum Gasteiger partial charge on any atom is -0.491 e. The fraction of sp³-hybridized carbons (Fsp3) is 0.588. The van der Waals surface area contributed by atoms with Gasteiger partial charge in [0.05, 0.1) is 12.0 Å². The molecule has 1 amide bonds. The van der Waals surface area contributed by atoms with Crippen molar-refractivity contribution in [2.75, 3.05) is 26.7 Å². The van der Waals surface area contributed by atoms with Crippen molar-refractivity contribution in [3.63, 3.8) is 0 Å². The lowest BCUT2D eigenvalue weighted by Gasteiger charge is -2.33. The summed E-state index contributed by atoms with van der Waals surface area (Å²) in [5.41, 5.74) is 6.50. The lowest BCUT2D eigenvalue weighted by atomic mass is 9.81. The number of para-hydroxylation sites is 1. The number of nitrogens with two attached hydrogens (primary N) is 1. The van der Waals surface area contributed by atoms with Crippen LogP contribution in [0.4, 0.5) is 0 Å². The van der Waals surface area contributed by atoms with E-state index >= 15 is 0 Å². The van der Waals surface area contributed by atoms with Gasteiger partial charge < -0.3 is 15.4 Å². The van der Waals surface area contributed by atoms with Gasteiger partial charge in [-0.1, -0.05) is 32.0 Å². The second-order valence-electron chi connectivity index (χ2n) is 5.53. The molecular formula is C17H29ClN2O2. The van der Waals surface area contributed by atoms with Gasteiger partial charge in [-0.2, -0.15) is 0 Å². The maximum absolute atomic E-state index is 12.6. The van der Waals surface area contributed by atoms with Crippen LogP contribution in [-0.2, 0) is 4.79 Å². The largest absolute Gasteiger partial charge is 0.491 e. The molecule has 22 heavy (non-hydrogen) atoms. The number of rotatable bonds is 8. The molecule has 0 spiro atoms. The van der Waals surface area contributed by atoms with Crippen LogP contribution in [0, 0.1) is 12.3 Å². The number of aryl methyl sites for hydroxylation is 1. The van der Waals surface area contributed by atoms with Gasteiger partial charge in [-0.3, -0.25) is 4.79 Å². The van der Waals surface area contributed by atoms with Crippen molar-refractivity contribution in [1.29, 1.82) is 0 Å². The maximum Gasteiger partial charge on any atom is 0.229 e. The Balaban J connectivity index is 0.00000441. The molecule has 0 saturated carbocycles. The lowest BCUT2D eigenvalue weighted by Crippen LogP contribution is -2.47. The number of hydrogen-bond donors (Lipinski definition) is 1. The van der Waals surface area contributed by atoms with Gasteiger partial charge in [0.2, 0.25) is 5.91 Å². The summed E-state index contributed by atoms with van der Waals surface area (Å²) in [6.07, 6.45) is 1.53. The Labute approximate surface area is 140 Å². The van der Waals surface area contributed by atoms with Crippen molar-refractivity contribution in [2.24, 2.45) is 11.1 Å². The fourth-order valence-electron chi connectivity index (χ4n) is 2.45. The lowest BCUT2D eigenvalue weighted by molar-refractivity contribution is -0.141. The highest BCUT2D eigenvalue weighted by Crippen LogP contribution is 2.27. The van der Waals surface area contributed by atoms with Crippen LogP contribution in [0.2, 0.25) is 0 Å². The Bertz CT molecular complexity index is 453. The zero-order valence-corrected chi connectivity index (χ0v) is 14.9. The summed E-state index contributed by atoms with van der Waals surface area (Å²) < 4.78 is 5.75. The number of ether oxygens (including phenoxy) is 1. The van der Waals surface area contributed by atoms with Crippen molar-refractivity contribution in [2.45, 2.75) is 33.6 Å². The molecule has 0 atom stereocenters. The summed E-state index contributed by atoms with van der Waals surface area (Å²) >= 11 is 0. The number of amides is 1. The molecule has 5 heteroatoms. The highest BCUT2D eigenvalue weighted by atomic mass is 35.5. The third-order valence-corrected chi connectivity index (χ3v) is 4.32. The van der Waals surface area contributed by atoms with E-state index in [9.17, 15) is 4.79 Å². The third-order valence-electron chi connectivity index (χ3n) is 4.32. The molecule has 0 bridgehead atoms. The Morgan fingerprint density at radius 1 is 1.27 bits per heavy atom. The number of hydrogen-bond acceptors (Lipinski definition) is 3. The highest BCUT2D eigenvalue weighted by Gasteiger charge is 2.35. The Kier molecular flexibility index (Phi) is 9.14. The van der Waals surface area contributed by atoms with Gasteiger partial charge in [-0.15, -0.1) is 12.4 Å². The van der Waals surface area contributed by atoms with Gasteiger partial charge in [-0.25, -0.2) is 0 Å². The average molecular weight is 329 g/mol. The standard InChI is InChI=1S/C17H28N2O2.ClH/c1-5-17(6-2,13-18)16(20)19(4)11-12-21-15-10-8-7-9-14(15)3;/h7-10H,5-6,11-13,18H2,1-4H3;1H. The van der Waals surface area contributed by atoms with Crippen molar-refractivity contribution in [1.82, 2.24) is 4.90 Å². The fourth-order valence-corrected chi connectivity index (χ4v) is 2.45. The Morgan fingerprint density at radius 2 is 1.86 bits per heavy atom. The smallest absolute Gasteiger partial charge is 0.229 e. The Morgan fingerprint density at radius 3 is 2.36 bits per heavy atom. The van der Waals surface area contributed by atoms with Gasteiger partial charge in [0, 0.05) is 13.6 Å². The molecule has 1 aromatic carbocycles. The predicted molar refractivity (Wildman–Crippen MR) is 93.6 cm³/mol. The van der Waals surface area contributed by atoms with Crippen LogP contribution >= 0.6 is 12.4 Å². The van der Waals surface area contributed by atoms with Gasteiger partial charge >= 0.3 is 0 Å². The molecule has 2 N–H and O–H groups in total. The molecule has 0 unspecified atom stereocenters. The molecule has 0 aliphatic heterocycles. The van der Waals surface area contributed by atoms with Gasteiger partial charge in [-0.05, 0) is 31.4 Å². The molecule has 1 rings (SSSR count). The first-order valence-corrected chi connectivity index (χ1v) is 7.64. The van der Waals surface area contributed by atoms with Crippen molar-refractivity contribution in [3.05, 3.63) is 29.8 Å². The minimum absolute atomic E-state index is 0. The number of halogens is 1. The van der Waals surface area contributed by atoms with Crippen molar-refractivity contribution >= 4 is 18.3 Å². The minimum atomic E-state index is -0.433. The van der Waals surface area contributed by atoms with E-state index in [4.69, 9.17) is 10.5 Å². The first-order chi connectivity index (χ1) is 10.0. The van der Waals surface area contributed by atoms with E-state index in [0.29, 0.717) is 19.7 Å². The molecule has 0 aromatic heterocycles. The summed E-state index contributed by atoms with van der Waals surface area (Å²) in [7, 11) is 1.82. The molecule has 0 aliphatic rings. The number of benzene rings is 1. The summed E-state index contributed by atoms with van der Waals surface area (Å²) in [6.45, 7) is 7.49. The maximum atomic E-state index is 12.6.